The summed E-state index contributed by atoms with van der Waals surface area (Å²) in [4.78, 5) is 24.9. The maximum Gasteiger partial charge on any atom is 0.348 e. The van der Waals surface area contributed by atoms with Crippen LogP contribution in [0.5, 0.6) is 11.5 Å². The molecule has 0 saturated carbocycles. The van der Waals surface area contributed by atoms with Gasteiger partial charge >= 0.3 is 11.6 Å². The number of ether oxygens (including phenoxy) is 3. The molecule has 0 fully saturated rings. The van der Waals surface area contributed by atoms with Gasteiger partial charge in [-0.25, -0.2) is 14.0 Å². The smallest absolute Gasteiger partial charge is 0.348 e. The van der Waals surface area contributed by atoms with Crippen LogP contribution in [0.25, 0.3) is 0 Å². The lowest BCUT2D eigenvalue weighted by Gasteiger charge is -2.17. The number of carbonyl (C=O) groups excluding carboxylic acids is 1. The molecule has 6 nitrogen and oxygen atoms in total. The summed E-state index contributed by atoms with van der Waals surface area (Å²) in [6.45, 7) is 1.67. The second kappa shape index (κ2) is 8.02. The van der Waals surface area contributed by atoms with Crippen LogP contribution in [0.1, 0.15) is 28.4 Å². The van der Waals surface area contributed by atoms with Crippen LogP contribution in [0.3, 0.4) is 0 Å². The van der Waals surface area contributed by atoms with Gasteiger partial charge in [0.2, 0.25) is 6.10 Å². The fraction of sp³-hybridized carbons (Fsp3) is 0.217. The molecule has 0 saturated heterocycles. The van der Waals surface area contributed by atoms with Crippen LogP contribution in [0.2, 0.25) is 0 Å². The monoisotopic (exact) mass is 410 g/mol. The van der Waals surface area contributed by atoms with E-state index in [0.29, 0.717) is 28.4 Å². The lowest BCUT2D eigenvalue weighted by molar-refractivity contribution is -0.148. The molecule has 0 aliphatic carbocycles. The van der Waals surface area contributed by atoms with Gasteiger partial charge in [0, 0.05) is 11.6 Å². The van der Waals surface area contributed by atoms with Crippen LogP contribution < -0.4 is 15.1 Å². The summed E-state index contributed by atoms with van der Waals surface area (Å²) >= 11 is 0. The van der Waals surface area contributed by atoms with E-state index in [9.17, 15) is 14.0 Å². The third-order valence-corrected chi connectivity index (χ3v) is 4.94. The minimum Gasteiger partial charge on any atom is -0.489 e. The Bertz CT molecular complexity index is 1150. The molecule has 2 atom stereocenters. The lowest BCUT2D eigenvalue weighted by atomic mass is 9.89. The molecule has 2 aromatic carbocycles. The summed E-state index contributed by atoms with van der Waals surface area (Å²) < 4.78 is 35.4. The van der Waals surface area contributed by atoms with E-state index in [4.69, 9.17) is 18.6 Å². The van der Waals surface area contributed by atoms with Gasteiger partial charge in [-0.1, -0.05) is 30.3 Å². The summed E-state index contributed by atoms with van der Waals surface area (Å²) in [6, 6.07) is 14.8. The Morgan fingerprint density at radius 2 is 1.93 bits per heavy atom. The minimum absolute atomic E-state index is 0.0373. The third-order valence-electron chi connectivity index (χ3n) is 4.94. The number of esters is 1. The van der Waals surface area contributed by atoms with Crippen molar-refractivity contribution in [2.45, 2.75) is 25.6 Å². The Balaban J connectivity index is 1.68. The molecule has 0 N–H and O–H groups in total. The molecule has 154 valence electrons. The first kappa shape index (κ1) is 19.7. The standard InChI is InChI=1S/C23H19FO6/c1-13-10-18-20(22(25)29-13)19(21(30-18)23(26)27-2)14-7-5-8-16(11-14)28-12-15-6-3-4-9-17(15)24/h3-11,19,21H,12H2,1-2H3/t19-,21-/m1/s1. The van der Waals surface area contributed by atoms with Crippen molar-refractivity contribution in [2.75, 3.05) is 7.11 Å². The SMILES string of the molecule is COC(=O)[C@@H]1Oc2cc(C)oc(=O)c2[C@H]1c1cccc(OCc2ccccc2F)c1. The molecule has 0 amide bonds. The number of fused-ring (bicyclic) bond motifs is 1. The van der Waals surface area contributed by atoms with Crippen molar-refractivity contribution in [1.29, 1.82) is 0 Å². The maximum atomic E-state index is 13.8. The number of rotatable bonds is 5. The summed E-state index contributed by atoms with van der Waals surface area (Å²) in [6.07, 6.45) is -1.03. The molecule has 1 aliphatic heterocycles. The maximum absolute atomic E-state index is 13.8. The van der Waals surface area contributed by atoms with Gasteiger partial charge in [-0.2, -0.15) is 0 Å². The van der Waals surface area contributed by atoms with Crippen LogP contribution in [-0.4, -0.2) is 19.2 Å². The highest BCUT2D eigenvalue weighted by Crippen LogP contribution is 2.42. The first-order valence-electron chi connectivity index (χ1n) is 9.33. The van der Waals surface area contributed by atoms with Crippen LogP contribution >= 0.6 is 0 Å². The van der Waals surface area contributed by atoms with E-state index in [1.807, 2.05) is 0 Å². The summed E-state index contributed by atoms with van der Waals surface area (Å²) in [7, 11) is 1.26. The Morgan fingerprint density at radius 3 is 2.70 bits per heavy atom. The van der Waals surface area contributed by atoms with Crippen LogP contribution in [0.4, 0.5) is 4.39 Å². The summed E-state index contributed by atoms with van der Waals surface area (Å²) in [5.41, 5.74) is 0.716. The second-order valence-electron chi connectivity index (χ2n) is 6.91. The number of halogens is 1. The largest absolute Gasteiger partial charge is 0.489 e. The predicted molar refractivity (Wildman–Crippen MR) is 105 cm³/mol. The molecule has 30 heavy (non-hydrogen) atoms. The highest BCUT2D eigenvalue weighted by Gasteiger charge is 2.44. The molecule has 0 unspecified atom stereocenters. The van der Waals surface area contributed by atoms with Gasteiger partial charge in [0.15, 0.2) is 0 Å². The van der Waals surface area contributed by atoms with E-state index in [2.05, 4.69) is 0 Å². The minimum atomic E-state index is -1.03. The van der Waals surface area contributed by atoms with E-state index in [-0.39, 0.29) is 18.0 Å². The average Bonchev–Trinajstić information content (AvgIpc) is 3.12. The van der Waals surface area contributed by atoms with E-state index < -0.39 is 23.6 Å². The van der Waals surface area contributed by atoms with Crippen molar-refractivity contribution < 1.29 is 27.8 Å². The van der Waals surface area contributed by atoms with E-state index in [0.717, 1.165) is 0 Å². The van der Waals surface area contributed by atoms with E-state index >= 15 is 0 Å². The van der Waals surface area contributed by atoms with Gasteiger partial charge in [0.25, 0.3) is 0 Å². The molecule has 2 heterocycles. The van der Waals surface area contributed by atoms with E-state index in [1.165, 1.54) is 13.2 Å². The van der Waals surface area contributed by atoms with E-state index in [1.54, 1.807) is 55.5 Å². The molecule has 1 aromatic heterocycles. The van der Waals surface area contributed by atoms with Gasteiger partial charge in [-0.15, -0.1) is 0 Å². The van der Waals surface area contributed by atoms with Crippen molar-refractivity contribution in [3.05, 3.63) is 93.3 Å². The Hall–Kier alpha value is -3.61. The van der Waals surface area contributed by atoms with Crippen molar-refractivity contribution in [3.63, 3.8) is 0 Å². The first-order chi connectivity index (χ1) is 14.5. The van der Waals surface area contributed by atoms with Gasteiger partial charge in [0.05, 0.1) is 18.6 Å². The Labute approximate surface area is 171 Å². The number of methoxy groups -OCH3 is 1. The Morgan fingerprint density at radius 1 is 1.13 bits per heavy atom. The van der Waals surface area contributed by atoms with Crippen molar-refractivity contribution >= 4 is 5.97 Å². The molecular formula is C23H19FO6. The fourth-order valence-corrected chi connectivity index (χ4v) is 3.54. The quantitative estimate of drug-likeness (QED) is 0.597. The number of aryl methyl sites for hydroxylation is 1. The number of hydrogen-bond acceptors (Lipinski definition) is 6. The summed E-state index contributed by atoms with van der Waals surface area (Å²) in [5.74, 6) is -0.547. The molecule has 0 radical (unpaired) electrons. The fourth-order valence-electron chi connectivity index (χ4n) is 3.54. The lowest BCUT2D eigenvalue weighted by Crippen LogP contribution is -2.31. The number of carbonyl (C=O) groups is 1. The first-order valence-corrected chi connectivity index (χ1v) is 9.33. The zero-order valence-corrected chi connectivity index (χ0v) is 16.4. The van der Waals surface area contributed by atoms with Gasteiger partial charge in [-0.05, 0) is 30.7 Å². The second-order valence-corrected chi connectivity index (χ2v) is 6.91. The van der Waals surface area contributed by atoms with Gasteiger partial charge in [-0.3, -0.25) is 0 Å². The van der Waals surface area contributed by atoms with Crippen LogP contribution in [-0.2, 0) is 16.1 Å². The molecule has 3 aromatic rings. The normalized spacial score (nSPS) is 17.2. The molecular weight excluding hydrogens is 391 g/mol. The summed E-state index contributed by atoms with van der Waals surface area (Å²) in [5, 5.41) is 0. The molecule has 1 aliphatic rings. The topological polar surface area (TPSA) is 75.0 Å². The highest BCUT2D eigenvalue weighted by molar-refractivity contribution is 5.79. The third kappa shape index (κ3) is 3.66. The van der Waals surface area contributed by atoms with Crippen molar-refractivity contribution in [3.8, 4) is 11.5 Å². The van der Waals surface area contributed by atoms with Crippen molar-refractivity contribution in [2.24, 2.45) is 0 Å². The van der Waals surface area contributed by atoms with Crippen LogP contribution in [0, 0.1) is 12.7 Å². The molecule has 4 rings (SSSR count). The molecule has 0 spiro atoms. The zero-order valence-electron chi connectivity index (χ0n) is 16.4. The highest BCUT2D eigenvalue weighted by atomic mass is 19.1. The van der Waals surface area contributed by atoms with Crippen molar-refractivity contribution in [1.82, 2.24) is 0 Å². The van der Waals surface area contributed by atoms with Crippen LogP contribution in [0.15, 0.2) is 63.8 Å². The van der Waals surface area contributed by atoms with Gasteiger partial charge in [0.1, 0.15) is 29.7 Å². The zero-order chi connectivity index (χ0) is 21.3. The molecule has 0 bridgehead atoms. The number of hydrogen-bond donors (Lipinski definition) is 0. The average molecular weight is 410 g/mol. The van der Waals surface area contributed by atoms with Gasteiger partial charge < -0.3 is 18.6 Å². The Kier molecular flexibility index (Phi) is 5.27. The molecule has 7 heteroatoms. The predicted octanol–water partition coefficient (Wildman–Crippen LogP) is 3.73. The number of benzene rings is 2.